The van der Waals surface area contributed by atoms with Crippen molar-refractivity contribution in [3.05, 3.63) is 89.0 Å². The lowest BCUT2D eigenvalue weighted by Gasteiger charge is -2.21. The number of aryl methyl sites for hydroxylation is 2. The number of nitrogens with one attached hydrogen (secondary N) is 2. The SMILES string of the molecule is CC(=O)C1CC(c2ccc(/C=N/NC(=S)Nc3c(C)cccc3C)cc2)=NN1c1ccc(OC(F)(F)F)cc1. The zero-order chi connectivity index (χ0) is 28.2. The van der Waals surface area contributed by atoms with E-state index in [-0.39, 0.29) is 11.5 Å². The number of ketones is 1. The average Bonchev–Trinajstić information content (AvgIpc) is 3.32. The van der Waals surface area contributed by atoms with E-state index in [2.05, 4.69) is 25.7 Å². The normalized spacial score (nSPS) is 15.3. The van der Waals surface area contributed by atoms with E-state index < -0.39 is 12.4 Å². The van der Waals surface area contributed by atoms with Gasteiger partial charge in [-0.15, -0.1) is 13.2 Å². The van der Waals surface area contributed by atoms with Crippen molar-refractivity contribution in [2.75, 3.05) is 10.3 Å². The van der Waals surface area contributed by atoms with Crippen molar-refractivity contribution in [3.63, 3.8) is 0 Å². The minimum absolute atomic E-state index is 0.107. The summed E-state index contributed by atoms with van der Waals surface area (Å²) in [5.41, 5.74) is 8.71. The van der Waals surface area contributed by atoms with Gasteiger partial charge in [0.15, 0.2) is 10.9 Å². The van der Waals surface area contributed by atoms with Crippen LogP contribution in [0.25, 0.3) is 0 Å². The lowest BCUT2D eigenvalue weighted by molar-refractivity contribution is -0.274. The van der Waals surface area contributed by atoms with Crippen molar-refractivity contribution >= 4 is 46.4 Å². The minimum Gasteiger partial charge on any atom is -0.406 e. The van der Waals surface area contributed by atoms with E-state index in [4.69, 9.17) is 12.2 Å². The number of anilines is 2. The third kappa shape index (κ3) is 7.20. The quantitative estimate of drug-likeness (QED) is 0.209. The first kappa shape index (κ1) is 27.8. The number of thiocarbonyl (C=S) groups is 1. The molecule has 202 valence electrons. The predicted octanol–water partition coefficient (Wildman–Crippen LogP) is 6.09. The molecule has 7 nitrogen and oxygen atoms in total. The van der Waals surface area contributed by atoms with Crippen molar-refractivity contribution in [2.45, 2.75) is 39.6 Å². The van der Waals surface area contributed by atoms with Crippen molar-refractivity contribution in [1.82, 2.24) is 5.43 Å². The molecule has 0 amide bonds. The van der Waals surface area contributed by atoms with E-state index in [1.54, 1.807) is 6.21 Å². The number of halogens is 3. The van der Waals surface area contributed by atoms with Crippen molar-refractivity contribution in [2.24, 2.45) is 10.2 Å². The zero-order valence-corrected chi connectivity index (χ0v) is 22.2. The summed E-state index contributed by atoms with van der Waals surface area (Å²) in [6.07, 6.45) is -2.78. The number of alkyl halides is 3. The van der Waals surface area contributed by atoms with Crippen LogP contribution < -0.4 is 20.5 Å². The number of ether oxygens (including phenoxy) is 1. The number of carbonyl (C=O) groups is 1. The van der Waals surface area contributed by atoms with Gasteiger partial charge in [0.25, 0.3) is 0 Å². The van der Waals surface area contributed by atoms with Gasteiger partial charge < -0.3 is 10.1 Å². The van der Waals surface area contributed by atoms with Gasteiger partial charge in [0.1, 0.15) is 11.8 Å². The van der Waals surface area contributed by atoms with Crippen LogP contribution in [-0.2, 0) is 4.79 Å². The lowest BCUT2D eigenvalue weighted by atomic mass is 10.0. The maximum atomic E-state index is 12.5. The summed E-state index contributed by atoms with van der Waals surface area (Å²) in [5, 5.41) is 13.8. The van der Waals surface area contributed by atoms with E-state index in [0.29, 0.717) is 22.9 Å². The molecule has 3 aromatic rings. The molecule has 0 radical (unpaired) electrons. The lowest BCUT2D eigenvalue weighted by Crippen LogP contribution is -2.32. The van der Waals surface area contributed by atoms with Crippen LogP contribution in [0.4, 0.5) is 24.5 Å². The highest BCUT2D eigenvalue weighted by Crippen LogP contribution is 2.30. The fourth-order valence-electron chi connectivity index (χ4n) is 4.12. The van der Waals surface area contributed by atoms with Crippen molar-refractivity contribution in [1.29, 1.82) is 0 Å². The Labute approximate surface area is 229 Å². The van der Waals surface area contributed by atoms with Gasteiger partial charge in [0.05, 0.1) is 17.6 Å². The Balaban J connectivity index is 1.41. The van der Waals surface area contributed by atoms with Gasteiger partial charge >= 0.3 is 6.36 Å². The predicted molar refractivity (Wildman–Crippen MR) is 151 cm³/mol. The molecule has 3 aromatic carbocycles. The van der Waals surface area contributed by atoms with E-state index >= 15 is 0 Å². The third-order valence-corrected chi connectivity index (χ3v) is 6.25. The molecular formula is C28H26F3N5O2S. The van der Waals surface area contributed by atoms with Gasteiger partial charge in [-0.05, 0) is 79.5 Å². The topological polar surface area (TPSA) is 78.3 Å². The van der Waals surface area contributed by atoms with E-state index in [1.807, 2.05) is 56.3 Å². The molecule has 0 bridgehead atoms. The highest BCUT2D eigenvalue weighted by atomic mass is 32.1. The molecule has 1 aliphatic rings. The second-order valence-corrected chi connectivity index (χ2v) is 9.38. The second-order valence-electron chi connectivity index (χ2n) is 8.98. The molecule has 0 saturated carbocycles. The summed E-state index contributed by atoms with van der Waals surface area (Å²) in [4.78, 5) is 12.3. The molecule has 1 atom stereocenters. The molecule has 1 unspecified atom stereocenters. The average molecular weight is 554 g/mol. The van der Waals surface area contributed by atoms with Crippen molar-refractivity contribution < 1.29 is 22.7 Å². The standard InChI is InChI=1S/C28H26F3N5O2S/c1-17-5-4-6-18(2)26(17)33-27(39)34-32-16-20-7-9-21(10-8-20)24-15-25(19(3)37)36(35-24)22-11-13-23(14-12-22)38-28(29,30)31/h4-14,16,25H,15H2,1-3H3,(H2,33,34,39)/b32-16+. The first-order chi connectivity index (χ1) is 18.5. The molecular weight excluding hydrogens is 527 g/mol. The summed E-state index contributed by atoms with van der Waals surface area (Å²) in [7, 11) is 0. The number of benzene rings is 3. The fourth-order valence-corrected chi connectivity index (χ4v) is 4.27. The summed E-state index contributed by atoms with van der Waals surface area (Å²) in [5.74, 6) is -0.452. The first-order valence-electron chi connectivity index (χ1n) is 12.0. The maximum absolute atomic E-state index is 12.5. The molecule has 0 spiro atoms. The number of hydrazone groups is 2. The molecule has 0 aromatic heterocycles. The van der Waals surface area contributed by atoms with E-state index in [0.717, 1.165) is 27.9 Å². The summed E-state index contributed by atoms with van der Waals surface area (Å²) in [6.45, 7) is 5.46. The number of carbonyl (C=O) groups excluding carboxylic acids is 1. The van der Waals surface area contributed by atoms with E-state index in [9.17, 15) is 18.0 Å². The van der Waals surface area contributed by atoms with Crippen LogP contribution in [0.15, 0.2) is 76.9 Å². The van der Waals surface area contributed by atoms with Gasteiger partial charge in [0.2, 0.25) is 0 Å². The van der Waals surface area contributed by atoms with Gasteiger partial charge in [-0.1, -0.05) is 42.5 Å². The summed E-state index contributed by atoms with van der Waals surface area (Å²) < 4.78 is 41.3. The van der Waals surface area contributed by atoms with Crippen LogP contribution >= 0.6 is 12.2 Å². The highest BCUT2D eigenvalue weighted by molar-refractivity contribution is 7.80. The largest absolute Gasteiger partial charge is 0.573 e. The molecule has 2 N–H and O–H groups in total. The van der Waals surface area contributed by atoms with Gasteiger partial charge in [-0.3, -0.25) is 15.2 Å². The molecule has 0 fully saturated rings. The Morgan fingerprint density at radius 1 is 1.08 bits per heavy atom. The number of para-hydroxylation sites is 1. The zero-order valence-electron chi connectivity index (χ0n) is 21.4. The Hall–Kier alpha value is -4.25. The molecule has 0 aliphatic carbocycles. The van der Waals surface area contributed by atoms with Crippen LogP contribution in [0.3, 0.4) is 0 Å². The smallest absolute Gasteiger partial charge is 0.406 e. The first-order valence-corrected chi connectivity index (χ1v) is 12.4. The van der Waals surface area contributed by atoms with Crippen LogP contribution in [0.1, 0.15) is 35.6 Å². The monoisotopic (exact) mass is 553 g/mol. The second kappa shape index (κ2) is 11.6. The molecule has 4 rings (SSSR count). The number of hydrogen-bond acceptors (Lipinski definition) is 6. The highest BCUT2D eigenvalue weighted by Gasteiger charge is 2.33. The molecule has 1 heterocycles. The van der Waals surface area contributed by atoms with Crippen molar-refractivity contribution in [3.8, 4) is 5.75 Å². The molecule has 0 saturated heterocycles. The number of rotatable bonds is 7. The maximum Gasteiger partial charge on any atom is 0.573 e. The number of hydrogen-bond donors (Lipinski definition) is 2. The Morgan fingerprint density at radius 3 is 2.31 bits per heavy atom. The summed E-state index contributed by atoms with van der Waals surface area (Å²) >= 11 is 5.34. The Bertz CT molecular complexity index is 1400. The Morgan fingerprint density at radius 2 is 1.72 bits per heavy atom. The summed E-state index contributed by atoms with van der Waals surface area (Å²) in [6, 6.07) is 18.1. The molecule has 11 heteroatoms. The molecule has 39 heavy (non-hydrogen) atoms. The van der Waals surface area contributed by atoms with E-state index in [1.165, 1.54) is 36.2 Å². The fraction of sp³-hybridized carbons (Fsp3) is 0.214. The Kier molecular flexibility index (Phi) is 8.29. The minimum atomic E-state index is -4.78. The number of nitrogens with zero attached hydrogens (tertiary/aromatic N) is 3. The van der Waals surface area contributed by atoms with Crippen LogP contribution in [0, 0.1) is 13.8 Å². The van der Waals surface area contributed by atoms with Crippen LogP contribution in [0.5, 0.6) is 5.75 Å². The number of Topliss-reactive ketones (excluding diaryl/α,β-unsaturated/α-hetero) is 1. The van der Waals surface area contributed by atoms with Gasteiger partial charge in [-0.2, -0.15) is 10.2 Å². The third-order valence-electron chi connectivity index (χ3n) is 6.06. The van der Waals surface area contributed by atoms with Crippen LogP contribution in [0.2, 0.25) is 0 Å². The molecule has 1 aliphatic heterocycles. The van der Waals surface area contributed by atoms with Gasteiger partial charge in [0, 0.05) is 12.1 Å². The van der Waals surface area contributed by atoms with Gasteiger partial charge in [-0.25, -0.2) is 0 Å². The van der Waals surface area contributed by atoms with Crippen LogP contribution in [-0.4, -0.2) is 35.2 Å².